The van der Waals surface area contributed by atoms with E-state index in [2.05, 4.69) is 27.3 Å². The van der Waals surface area contributed by atoms with Gasteiger partial charge in [0.15, 0.2) is 0 Å². The van der Waals surface area contributed by atoms with Crippen LogP contribution in [0.4, 0.5) is 0 Å². The predicted molar refractivity (Wildman–Crippen MR) is 127 cm³/mol. The molecule has 2 amide bonds. The summed E-state index contributed by atoms with van der Waals surface area (Å²) in [7, 11) is 0. The fourth-order valence-electron chi connectivity index (χ4n) is 5.69. The number of hydrogen-bond acceptors (Lipinski definition) is 4. The number of carbonyl (C=O) groups is 2. The second-order valence-corrected chi connectivity index (χ2v) is 9.98. The molecule has 2 fully saturated rings. The second kappa shape index (κ2) is 10.0. The Hall–Kier alpha value is -2.73. The molecule has 1 aromatic carbocycles. The van der Waals surface area contributed by atoms with Crippen molar-refractivity contribution in [2.45, 2.75) is 57.7 Å². The maximum Gasteiger partial charge on any atom is 0.254 e. The van der Waals surface area contributed by atoms with Crippen molar-refractivity contribution in [1.29, 1.82) is 0 Å². The lowest BCUT2D eigenvalue weighted by atomic mass is 9.81. The molecule has 1 saturated heterocycles. The zero-order valence-electron chi connectivity index (χ0n) is 19.3. The number of aromatic nitrogens is 1. The van der Waals surface area contributed by atoms with Crippen LogP contribution in [0.1, 0.15) is 60.0 Å². The lowest BCUT2D eigenvalue weighted by Crippen LogP contribution is -2.46. The van der Waals surface area contributed by atoms with Crippen LogP contribution in [0.2, 0.25) is 0 Å². The minimum Gasteiger partial charge on any atom is -0.353 e. The Labute approximate surface area is 196 Å². The highest BCUT2D eigenvalue weighted by Gasteiger charge is 2.32. The first-order chi connectivity index (χ1) is 16.2. The van der Waals surface area contributed by atoms with Crippen molar-refractivity contribution in [3.05, 3.63) is 65.5 Å². The van der Waals surface area contributed by atoms with Gasteiger partial charge in [-0.15, -0.1) is 0 Å². The van der Waals surface area contributed by atoms with Gasteiger partial charge in [-0.2, -0.15) is 0 Å². The number of carbonyl (C=O) groups excluding carboxylic acids is 2. The molecule has 2 aliphatic heterocycles. The number of benzene rings is 1. The van der Waals surface area contributed by atoms with Crippen molar-refractivity contribution < 1.29 is 9.59 Å². The predicted octanol–water partition coefficient (Wildman–Crippen LogP) is 3.62. The van der Waals surface area contributed by atoms with E-state index >= 15 is 0 Å². The maximum absolute atomic E-state index is 12.9. The van der Waals surface area contributed by atoms with E-state index < -0.39 is 0 Å². The normalized spacial score (nSPS) is 24.0. The monoisotopic (exact) mass is 446 g/mol. The number of amides is 2. The third-order valence-electron chi connectivity index (χ3n) is 7.66. The number of nitrogens with one attached hydrogen (secondary N) is 1. The van der Waals surface area contributed by atoms with Crippen LogP contribution in [-0.4, -0.2) is 52.3 Å². The summed E-state index contributed by atoms with van der Waals surface area (Å²) in [5, 5.41) is 3.34. The molecule has 0 unspecified atom stereocenters. The molecule has 33 heavy (non-hydrogen) atoms. The average Bonchev–Trinajstić information content (AvgIpc) is 3.16. The van der Waals surface area contributed by atoms with Crippen molar-refractivity contribution in [1.82, 2.24) is 20.1 Å². The van der Waals surface area contributed by atoms with Crippen LogP contribution in [0.5, 0.6) is 0 Å². The van der Waals surface area contributed by atoms with Crippen LogP contribution in [0.15, 0.2) is 48.8 Å². The number of rotatable bonds is 6. The first-order valence-electron chi connectivity index (χ1n) is 12.4. The van der Waals surface area contributed by atoms with Gasteiger partial charge in [0.25, 0.3) is 5.91 Å². The third-order valence-corrected chi connectivity index (χ3v) is 7.66. The molecule has 0 radical (unpaired) electrons. The Bertz CT molecular complexity index is 963. The smallest absolute Gasteiger partial charge is 0.254 e. The van der Waals surface area contributed by atoms with E-state index in [1.54, 1.807) is 0 Å². The summed E-state index contributed by atoms with van der Waals surface area (Å²) in [4.78, 5) is 34.2. The lowest BCUT2D eigenvalue weighted by molar-refractivity contribution is -0.127. The van der Waals surface area contributed by atoms with E-state index in [1.165, 1.54) is 5.56 Å². The Morgan fingerprint density at radius 3 is 2.52 bits per heavy atom. The Kier molecular flexibility index (Phi) is 6.72. The topological polar surface area (TPSA) is 65.5 Å². The SMILES string of the molecule is O=C(NC1CCN(Cc2cccnc2)CC1)C1CCC(CN2Cc3ccccc3C2=O)CC1. The summed E-state index contributed by atoms with van der Waals surface area (Å²) in [5.41, 5.74) is 3.25. The molecule has 6 nitrogen and oxygen atoms in total. The number of piperidine rings is 1. The minimum atomic E-state index is 0.126. The molecular formula is C27H34N4O2. The molecule has 1 saturated carbocycles. The first-order valence-corrected chi connectivity index (χ1v) is 12.4. The van der Waals surface area contributed by atoms with E-state index in [0.717, 1.165) is 82.4 Å². The third kappa shape index (κ3) is 5.27. The van der Waals surface area contributed by atoms with Gasteiger partial charge in [0.05, 0.1) is 0 Å². The number of likely N-dealkylation sites (tertiary alicyclic amines) is 1. The Balaban J connectivity index is 1.02. The van der Waals surface area contributed by atoms with Gasteiger partial charge in [0.1, 0.15) is 0 Å². The maximum atomic E-state index is 12.9. The number of fused-ring (bicyclic) bond motifs is 1. The summed E-state index contributed by atoms with van der Waals surface area (Å²) in [5.74, 6) is 1.04. The lowest BCUT2D eigenvalue weighted by Gasteiger charge is -2.34. The van der Waals surface area contributed by atoms with Gasteiger partial charge in [0.2, 0.25) is 5.91 Å². The average molecular weight is 447 g/mol. The summed E-state index contributed by atoms with van der Waals surface area (Å²) in [6, 6.07) is 12.3. The van der Waals surface area contributed by atoms with E-state index in [1.807, 2.05) is 41.6 Å². The molecule has 0 bridgehead atoms. The van der Waals surface area contributed by atoms with E-state index in [-0.39, 0.29) is 17.7 Å². The molecule has 6 heteroatoms. The van der Waals surface area contributed by atoms with Crippen LogP contribution in [0, 0.1) is 11.8 Å². The fraction of sp³-hybridized carbons (Fsp3) is 0.519. The number of pyridine rings is 1. The molecule has 174 valence electrons. The molecule has 3 aliphatic rings. The number of nitrogens with zero attached hydrogens (tertiary/aromatic N) is 3. The van der Waals surface area contributed by atoms with Gasteiger partial charge in [0, 0.05) is 62.6 Å². The molecule has 5 rings (SSSR count). The van der Waals surface area contributed by atoms with Crippen molar-refractivity contribution in [2.24, 2.45) is 11.8 Å². The van der Waals surface area contributed by atoms with Gasteiger partial charge < -0.3 is 10.2 Å². The van der Waals surface area contributed by atoms with Crippen LogP contribution in [0.25, 0.3) is 0 Å². The van der Waals surface area contributed by atoms with Crippen LogP contribution < -0.4 is 5.32 Å². The van der Waals surface area contributed by atoms with Crippen molar-refractivity contribution >= 4 is 11.8 Å². The van der Waals surface area contributed by atoms with Crippen molar-refractivity contribution in [3.8, 4) is 0 Å². The van der Waals surface area contributed by atoms with Crippen molar-refractivity contribution in [3.63, 3.8) is 0 Å². The zero-order valence-corrected chi connectivity index (χ0v) is 19.3. The Morgan fingerprint density at radius 2 is 1.79 bits per heavy atom. The second-order valence-electron chi connectivity index (χ2n) is 9.98. The fourth-order valence-corrected chi connectivity index (χ4v) is 5.69. The molecule has 1 N–H and O–H groups in total. The van der Waals surface area contributed by atoms with Crippen LogP contribution >= 0.6 is 0 Å². The molecule has 0 spiro atoms. The van der Waals surface area contributed by atoms with Gasteiger partial charge in [-0.25, -0.2) is 0 Å². The molecule has 1 aliphatic carbocycles. The van der Waals surface area contributed by atoms with Gasteiger partial charge >= 0.3 is 0 Å². The summed E-state index contributed by atoms with van der Waals surface area (Å²) in [6.07, 6.45) is 9.70. The summed E-state index contributed by atoms with van der Waals surface area (Å²) < 4.78 is 0. The van der Waals surface area contributed by atoms with Gasteiger partial charge in [-0.05, 0) is 67.7 Å². The summed E-state index contributed by atoms with van der Waals surface area (Å²) in [6.45, 7) is 4.51. The first kappa shape index (κ1) is 22.1. The van der Waals surface area contributed by atoms with Gasteiger partial charge in [-0.3, -0.25) is 19.5 Å². The van der Waals surface area contributed by atoms with E-state index in [0.29, 0.717) is 12.0 Å². The van der Waals surface area contributed by atoms with Crippen LogP contribution in [-0.2, 0) is 17.9 Å². The summed E-state index contributed by atoms with van der Waals surface area (Å²) >= 11 is 0. The largest absolute Gasteiger partial charge is 0.353 e. The highest BCUT2D eigenvalue weighted by molar-refractivity contribution is 5.98. The van der Waals surface area contributed by atoms with Crippen molar-refractivity contribution in [2.75, 3.05) is 19.6 Å². The molecular weight excluding hydrogens is 412 g/mol. The van der Waals surface area contributed by atoms with E-state index in [9.17, 15) is 9.59 Å². The molecule has 2 aromatic rings. The highest BCUT2D eigenvalue weighted by atomic mass is 16.2. The Morgan fingerprint density at radius 1 is 1.00 bits per heavy atom. The zero-order chi connectivity index (χ0) is 22.6. The van der Waals surface area contributed by atoms with Crippen LogP contribution in [0.3, 0.4) is 0 Å². The highest BCUT2D eigenvalue weighted by Crippen LogP contribution is 2.32. The molecule has 1 aromatic heterocycles. The van der Waals surface area contributed by atoms with Gasteiger partial charge in [-0.1, -0.05) is 24.3 Å². The van der Waals surface area contributed by atoms with E-state index in [4.69, 9.17) is 0 Å². The minimum absolute atomic E-state index is 0.126. The standard InChI is InChI=1S/C27H34N4O2/c32-26(29-24-11-14-30(15-12-24)17-21-4-3-13-28-16-21)22-9-7-20(8-10-22)18-31-19-23-5-1-2-6-25(23)27(31)33/h1-6,13,16,20,22,24H,7-12,14-15,17-19H2,(H,29,32). The molecule has 0 atom stereocenters. The molecule has 3 heterocycles. The number of hydrogen-bond donors (Lipinski definition) is 1. The quantitative estimate of drug-likeness (QED) is 0.736.